The van der Waals surface area contributed by atoms with Crippen molar-refractivity contribution < 1.29 is 0 Å². The molecule has 0 saturated carbocycles. The van der Waals surface area contributed by atoms with Crippen molar-refractivity contribution in [3.8, 4) is 0 Å². The van der Waals surface area contributed by atoms with Gasteiger partial charge < -0.3 is 0 Å². The van der Waals surface area contributed by atoms with E-state index in [1.54, 1.807) is 24.3 Å². The molecule has 0 unspecified atom stereocenters. The van der Waals surface area contributed by atoms with Crippen molar-refractivity contribution in [2.75, 3.05) is 0 Å². The zero-order valence-corrected chi connectivity index (χ0v) is 14.6. The van der Waals surface area contributed by atoms with Gasteiger partial charge in [0, 0.05) is 10.0 Å². The summed E-state index contributed by atoms with van der Waals surface area (Å²) in [6.45, 7) is 0. The SMILES string of the molecule is Clc1cc(Cl)c(Pc2cc(Cl)c(Cl)cc2Cl)cc1Cl. The molecule has 0 amide bonds. The molecule has 0 aliphatic rings. The van der Waals surface area contributed by atoms with Crippen LogP contribution in [0.4, 0.5) is 0 Å². The van der Waals surface area contributed by atoms with Gasteiger partial charge in [0.05, 0.1) is 20.1 Å². The van der Waals surface area contributed by atoms with Gasteiger partial charge in [0.2, 0.25) is 0 Å². The van der Waals surface area contributed by atoms with Crippen molar-refractivity contribution in [2.24, 2.45) is 0 Å². The maximum absolute atomic E-state index is 6.14. The fraction of sp³-hybridized carbons (Fsp3) is 0. The van der Waals surface area contributed by atoms with Crippen molar-refractivity contribution in [3.05, 3.63) is 54.4 Å². The first kappa shape index (κ1) is 16.0. The summed E-state index contributed by atoms with van der Waals surface area (Å²) in [6, 6.07) is 6.67. The molecular formula is C12H5Cl6P. The first-order chi connectivity index (χ1) is 8.88. The quantitative estimate of drug-likeness (QED) is 0.419. The van der Waals surface area contributed by atoms with Gasteiger partial charge >= 0.3 is 0 Å². The molecule has 100 valence electrons. The molecule has 0 nitrogen and oxygen atoms in total. The van der Waals surface area contributed by atoms with Crippen LogP contribution in [-0.4, -0.2) is 0 Å². The molecule has 0 radical (unpaired) electrons. The van der Waals surface area contributed by atoms with E-state index in [9.17, 15) is 0 Å². The van der Waals surface area contributed by atoms with Gasteiger partial charge in [0.1, 0.15) is 0 Å². The van der Waals surface area contributed by atoms with E-state index in [0.717, 1.165) is 10.6 Å². The Morgan fingerprint density at radius 3 is 1.16 bits per heavy atom. The maximum Gasteiger partial charge on any atom is 0.0607 e. The molecule has 2 rings (SSSR count). The molecule has 0 heterocycles. The lowest BCUT2D eigenvalue weighted by Crippen LogP contribution is -2.06. The van der Waals surface area contributed by atoms with Crippen LogP contribution in [0, 0.1) is 0 Å². The van der Waals surface area contributed by atoms with Crippen LogP contribution < -0.4 is 10.6 Å². The second kappa shape index (κ2) is 6.58. The van der Waals surface area contributed by atoms with Gasteiger partial charge in [-0.05, 0) is 34.9 Å². The average molecular weight is 393 g/mol. The predicted molar refractivity (Wildman–Crippen MR) is 90.5 cm³/mol. The van der Waals surface area contributed by atoms with E-state index in [4.69, 9.17) is 69.6 Å². The molecule has 0 aromatic heterocycles. The molecule has 0 aliphatic carbocycles. The van der Waals surface area contributed by atoms with E-state index in [1.807, 2.05) is 0 Å². The minimum absolute atomic E-state index is 0.210. The van der Waals surface area contributed by atoms with E-state index in [0.29, 0.717) is 30.1 Å². The Morgan fingerprint density at radius 2 is 0.789 bits per heavy atom. The summed E-state index contributed by atoms with van der Waals surface area (Å²) in [5, 5.41) is 4.49. The molecular weight excluding hydrogens is 388 g/mol. The topological polar surface area (TPSA) is 0 Å². The minimum atomic E-state index is 0.210. The Hall–Kier alpha value is 0.610. The molecule has 0 spiro atoms. The second-order valence-electron chi connectivity index (χ2n) is 3.62. The van der Waals surface area contributed by atoms with Crippen LogP contribution in [-0.2, 0) is 0 Å². The monoisotopic (exact) mass is 390 g/mol. The van der Waals surface area contributed by atoms with Gasteiger partial charge in [0.25, 0.3) is 0 Å². The number of halogens is 6. The molecule has 2 aromatic carbocycles. The van der Waals surface area contributed by atoms with E-state index >= 15 is 0 Å². The third kappa shape index (κ3) is 3.83. The van der Waals surface area contributed by atoms with Crippen LogP contribution in [0.25, 0.3) is 0 Å². The summed E-state index contributed by atoms with van der Waals surface area (Å²) in [4.78, 5) is 0. The lowest BCUT2D eigenvalue weighted by molar-refractivity contribution is 1.75. The second-order valence-corrected chi connectivity index (χ2v) is 7.39. The lowest BCUT2D eigenvalue weighted by Gasteiger charge is -2.09. The van der Waals surface area contributed by atoms with Crippen LogP contribution in [0.2, 0.25) is 30.1 Å². The highest BCUT2D eigenvalue weighted by atomic mass is 35.5. The molecule has 0 fully saturated rings. The van der Waals surface area contributed by atoms with Gasteiger partial charge in [-0.25, -0.2) is 0 Å². The number of benzene rings is 2. The lowest BCUT2D eigenvalue weighted by atomic mass is 10.3. The third-order valence-electron chi connectivity index (χ3n) is 2.29. The molecule has 7 heteroatoms. The molecule has 0 bridgehead atoms. The minimum Gasteiger partial charge on any atom is -0.0836 e. The smallest absolute Gasteiger partial charge is 0.0607 e. The first-order valence-corrected chi connectivity index (χ1v) is 8.21. The Balaban J connectivity index is 2.42. The van der Waals surface area contributed by atoms with E-state index < -0.39 is 0 Å². The number of hydrogen-bond donors (Lipinski definition) is 0. The van der Waals surface area contributed by atoms with Gasteiger partial charge in [-0.1, -0.05) is 78.2 Å². The van der Waals surface area contributed by atoms with E-state index in [2.05, 4.69) is 0 Å². The standard InChI is InChI=1S/C12H5Cl6P/c13-5-1-9(17)11(3-7(5)15)19-12-4-8(16)6(14)2-10(12)18/h1-4,19H. The summed E-state index contributed by atoms with van der Waals surface area (Å²) in [7, 11) is 0.210. The Bertz CT molecular complexity index is 585. The fourth-order valence-electron chi connectivity index (χ4n) is 1.38. The highest BCUT2D eigenvalue weighted by Gasteiger charge is 2.11. The zero-order chi connectivity index (χ0) is 14.2. The van der Waals surface area contributed by atoms with E-state index in [1.165, 1.54) is 0 Å². The largest absolute Gasteiger partial charge is 0.0836 e. The number of rotatable bonds is 2. The van der Waals surface area contributed by atoms with Gasteiger partial charge in [-0.2, -0.15) is 0 Å². The number of hydrogen-bond acceptors (Lipinski definition) is 0. The average Bonchev–Trinajstić information content (AvgIpc) is 2.32. The van der Waals surface area contributed by atoms with Gasteiger partial charge in [-0.15, -0.1) is 0 Å². The van der Waals surface area contributed by atoms with Crippen LogP contribution in [0.15, 0.2) is 24.3 Å². The van der Waals surface area contributed by atoms with Crippen molar-refractivity contribution >= 4 is 88.8 Å². The van der Waals surface area contributed by atoms with Gasteiger partial charge in [0.15, 0.2) is 0 Å². The van der Waals surface area contributed by atoms with Crippen LogP contribution >= 0.6 is 78.2 Å². The van der Waals surface area contributed by atoms with Crippen LogP contribution in [0.5, 0.6) is 0 Å². The normalized spacial score (nSPS) is 10.8. The molecule has 19 heavy (non-hydrogen) atoms. The van der Waals surface area contributed by atoms with Crippen molar-refractivity contribution in [2.45, 2.75) is 0 Å². The van der Waals surface area contributed by atoms with Crippen LogP contribution in [0.1, 0.15) is 0 Å². The van der Waals surface area contributed by atoms with Crippen molar-refractivity contribution in [3.63, 3.8) is 0 Å². The Kier molecular flexibility index (Phi) is 5.54. The highest BCUT2D eigenvalue weighted by Crippen LogP contribution is 2.31. The summed E-state index contributed by atoms with van der Waals surface area (Å²) in [6.07, 6.45) is 0. The Morgan fingerprint density at radius 1 is 0.474 bits per heavy atom. The molecule has 0 aliphatic heterocycles. The van der Waals surface area contributed by atoms with Crippen molar-refractivity contribution in [1.82, 2.24) is 0 Å². The third-order valence-corrected chi connectivity index (χ3v) is 6.04. The maximum atomic E-state index is 6.14. The summed E-state index contributed by atoms with van der Waals surface area (Å²) in [5.41, 5.74) is 0. The molecule has 0 N–H and O–H groups in total. The predicted octanol–water partition coefficient (Wildman–Crippen LogP) is 6.24. The summed E-state index contributed by atoms with van der Waals surface area (Å²) < 4.78 is 0. The van der Waals surface area contributed by atoms with E-state index in [-0.39, 0.29) is 8.58 Å². The van der Waals surface area contributed by atoms with Crippen molar-refractivity contribution in [1.29, 1.82) is 0 Å². The molecule has 2 aromatic rings. The molecule has 0 atom stereocenters. The Labute approximate surface area is 142 Å². The summed E-state index contributed by atoms with van der Waals surface area (Å²) in [5.74, 6) is 0. The first-order valence-electron chi connectivity index (χ1n) is 4.94. The van der Waals surface area contributed by atoms with Gasteiger partial charge in [-0.3, -0.25) is 0 Å². The van der Waals surface area contributed by atoms with Crippen LogP contribution in [0.3, 0.4) is 0 Å². The highest BCUT2D eigenvalue weighted by molar-refractivity contribution is 7.56. The summed E-state index contributed by atoms with van der Waals surface area (Å²) >= 11 is 36.0. The molecule has 0 saturated heterocycles. The fourth-order valence-corrected chi connectivity index (χ4v) is 4.05. The zero-order valence-electron chi connectivity index (χ0n) is 9.08.